The summed E-state index contributed by atoms with van der Waals surface area (Å²) in [4.78, 5) is 11.9. The maximum Gasteiger partial charge on any atom is 0.255 e. The molecule has 19 heavy (non-hydrogen) atoms. The van der Waals surface area contributed by atoms with Crippen LogP contribution in [-0.4, -0.2) is 50.5 Å². The molecule has 1 aliphatic heterocycles. The number of hydrogen-bond donors (Lipinski definition) is 3. The maximum atomic E-state index is 11.9. The number of nitrogens with one attached hydrogen (secondary N) is 2. The smallest absolute Gasteiger partial charge is 0.255 e. The van der Waals surface area contributed by atoms with Crippen molar-refractivity contribution in [3.8, 4) is 11.5 Å². The third-order valence-corrected chi connectivity index (χ3v) is 2.94. The minimum Gasteiger partial charge on any atom is -0.507 e. The van der Waals surface area contributed by atoms with E-state index in [-0.39, 0.29) is 23.3 Å². The summed E-state index contributed by atoms with van der Waals surface area (Å²) in [5, 5.41) is 15.7. The molecule has 1 amide bonds. The van der Waals surface area contributed by atoms with Crippen LogP contribution in [0.4, 0.5) is 0 Å². The summed E-state index contributed by atoms with van der Waals surface area (Å²) in [5.74, 6) is 0.0859. The number of ether oxygens (including phenoxy) is 2. The van der Waals surface area contributed by atoms with Gasteiger partial charge in [-0.3, -0.25) is 4.79 Å². The maximum absolute atomic E-state index is 11.9. The highest BCUT2D eigenvalue weighted by Crippen LogP contribution is 2.23. The monoisotopic (exact) mass is 266 g/mol. The molecule has 0 aliphatic carbocycles. The van der Waals surface area contributed by atoms with Crippen molar-refractivity contribution in [2.45, 2.75) is 6.10 Å². The van der Waals surface area contributed by atoms with Crippen molar-refractivity contribution in [3.05, 3.63) is 23.8 Å². The lowest BCUT2D eigenvalue weighted by Crippen LogP contribution is -2.45. The fourth-order valence-corrected chi connectivity index (χ4v) is 1.88. The molecule has 1 fully saturated rings. The number of aromatic hydroxyl groups is 1. The van der Waals surface area contributed by atoms with Crippen LogP contribution in [0.3, 0.4) is 0 Å². The molecule has 1 heterocycles. The standard InChI is InChI=1S/C13H18N2O4/c1-18-9-2-3-11(12(16)6-9)13(17)15-8-10-7-14-4-5-19-10/h2-3,6,10,14,16H,4-5,7-8H2,1H3,(H,15,17). The van der Waals surface area contributed by atoms with Crippen LogP contribution >= 0.6 is 0 Å². The molecular formula is C13H18N2O4. The van der Waals surface area contributed by atoms with Gasteiger partial charge in [-0.2, -0.15) is 0 Å². The zero-order valence-corrected chi connectivity index (χ0v) is 10.8. The number of hydrogen-bond acceptors (Lipinski definition) is 5. The van der Waals surface area contributed by atoms with Crippen molar-refractivity contribution < 1.29 is 19.4 Å². The van der Waals surface area contributed by atoms with E-state index in [0.717, 1.165) is 13.1 Å². The molecule has 0 radical (unpaired) electrons. The van der Waals surface area contributed by atoms with Gasteiger partial charge in [0.1, 0.15) is 11.5 Å². The highest BCUT2D eigenvalue weighted by atomic mass is 16.5. The van der Waals surface area contributed by atoms with Crippen LogP contribution in [0.25, 0.3) is 0 Å². The van der Waals surface area contributed by atoms with E-state index < -0.39 is 0 Å². The van der Waals surface area contributed by atoms with E-state index in [4.69, 9.17) is 9.47 Å². The number of amides is 1. The number of phenolic OH excluding ortho intramolecular Hbond substituents is 1. The summed E-state index contributed by atoms with van der Waals surface area (Å²) in [6.07, 6.45) is -0.0295. The molecule has 1 aliphatic rings. The Kier molecular flexibility index (Phi) is 4.59. The van der Waals surface area contributed by atoms with E-state index in [1.807, 2.05) is 0 Å². The SMILES string of the molecule is COc1ccc(C(=O)NCC2CNCCO2)c(O)c1. The molecule has 1 atom stereocenters. The van der Waals surface area contributed by atoms with Gasteiger partial charge in [-0.25, -0.2) is 0 Å². The molecule has 0 bridgehead atoms. The average molecular weight is 266 g/mol. The largest absolute Gasteiger partial charge is 0.507 e. The van der Waals surface area contributed by atoms with Crippen LogP contribution in [0, 0.1) is 0 Å². The Balaban J connectivity index is 1.92. The van der Waals surface area contributed by atoms with Gasteiger partial charge in [-0.05, 0) is 12.1 Å². The van der Waals surface area contributed by atoms with Crippen LogP contribution in [0.1, 0.15) is 10.4 Å². The van der Waals surface area contributed by atoms with E-state index in [2.05, 4.69) is 10.6 Å². The van der Waals surface area contributed by atoms with Crippen molar-refractivity contribution >= 4 is 5.91 Å². The first-order chi connectivity index (χ1) is 9.20. The lowest BCUT2D eigenvalue weighted by molar-refractivity contribution is 0.0287. The van der Waals surface area contributed by atoms with Crippen LogP contribution < -0.4 is 15.4 Å². The lowest BCUT2D eigenvalue weighted by atomic mass is 10.1. The third kappa shape index (κ3) is 3.59. The van der Waals surface area contributed by atoms with Gasteiger partial charge in [0.2, 0.25) is 0 Å². The number of methoxy groups -OCH3 is 1. The van der Waals surface area contributed by atoms with Gasteiger partial charge in [-0.1, -0.05) is 0 Å². The minimum atomic E-state index is -0.325. The second kappa shape index (κ2) is 6.40. The Hall–Kier alpha value is -1.79. The molecule has 0 spiro atoms. The zero-order chi connectivity index (χ0) is 13.7. The third-order valence-electron chi connectivity index (χ3n) is 2.94. The van der Waals surface area contributed by atoms with Gasteiger partial charge >= 0.3 is 0 Å². The van der Waals surface area contributed by atoms with Gasteiger partial charge in [-0.15, -0.1) is 0 Å². The van der Waals surface area contributed by atoms with Crippen LogP contribution in [0.2, 0.25) is 0 Å². The number of carbonyl (C=O) groups excluding carboxylic acids is 1. The summed E-state index contributed by atoms with van der Waals surface area (Å²) in [6, 6.07) is 4.57. The molecule has 3 N–H and O–H groups in total. The van der Waals surface area contributed by atoms with Gasteiger partial charge in [0.25, 0.3) is 5.91 Å². The van der Waals surface area contributed by atoms with Crippen molar-refractivity contribution in [1.82, 2.24) is 10.6 Å². The summed E-state index contributed by atoms with van der Waals surface area (Å²) in [7, 11) is 1.50. The molecule has 1 unspecified atom stereocenters. The van der Waals surface area contributed by atoms with Crippen LogP contribution in [0.5, 0.6) is 11.5 Å². The topological polar surface area (TPSA) is 79.8 Å². The summed E-state index contributed by atoms with van der Waals surface area (Å²) in [6.45, 7) is 2.62. The highest BCUT2D eigenvalue weighted by molar-refractivity contribution is 5.97. The van der Waals surface area contributed by atoms with E-state index in [1.165, 1.54) is 19.2 Å². The Morgan fingerprint density at radius 2 is 2.47 bits per heavy atom. The second-order valence-electron chi connectivity index (χ2n) is 4.29. The van der Waals surface area contributed by atoms with Crippen molar-refractivity contribution in [3.63, 3.8) is 0 Å². The fraction of sp³-hybridized carbons (Fsp3) is 0.462. The van der Waals surface area contributed by atoms with Gasteiger partial charge in [0, 0.05) is 25.7 Å². The van der Waals surface area contributed by atoms with Gasteiger partial charge < -0.3 is 25.2 Å². The number of benzene rings is 1. The highest BCUT2D eigenvalue weighted by Gasteiger charge is 2.16. The Morgan fingerprint density at radius 3 is 3.11 bits per heavy atom. The average Bonchev–Trinajstić information content (AvgIpc) is 2.45. The van der Waals surface area contributed by atoms with E-state index in [0.29, 0.717) is 18.9 Å². The van der Waals surface area contributed by atoms with E-state index in [9.17, 15) is 9.90 Å². The first-order valence-electron chi connectivity index (χ1n) is 6.18. The summed E-state index contributed by atoms with van der Waals surface area (Å²) in [5.41, 5.74) is 0.226. The van der Waals surface area contributed by atoms with Crippen LogP contribution in [0.15, 0.2) is 18.2 Å². The van der Waals surface area contributed by atoms with Crippen molar-refractivity contribution in [2.75, 3.05) is 33.4 Å². The molecule has 0 saturated carbocycles. The second-order valence-corrected chi connectivity index (χ2v) is 4.29. The molecule has 1 saturated heterocycles. The number of morpholine rings is 1. The summed E-state index contributed by atoms with van der Waals surface area (Å²) < 4.78 is 10.4. The van der Waals surface area contributed by atoms with E-state index in [1.54, 1.807) is 6.07 Å². The first kappa shape index (κ1) is 13.6. The molecule has 2 rings (SSSR count). The molecule has 1 aromatic rings. The predicted molar refractivity (Wildman–Crippen MR) is 69.6 cm³/mol. The minimum absolute atomic E-state index is 0.0295. The molecular weight excluding hydrogens is 248 g/mol. The Bertz CT molecular complexity index is 444. The molecule has 1 aromatic carbocycles. The molecule has 6 heteroatoms. The molecule has 0 aromatic heterocycles. The fourth-order valence-electron chi connectivity index (χ4n) is 1.88. The number of carbonyl (C=O) groups is 1. The Labute approximate surface area is 111 Å². The molecule has 6 nitrogen and oxygen atoms in total. The Morgan fingerprint density at radius 1 is 1.63 bits per heavy atom. The van der Waals surface area contributed by atoms with E-state index >= 15 is 0 Å². The van der Waals surface area contributed by atoms with Gasteiger partial charge in [0.05, 0.1) is 25.4 Å². The van der Waals surface area contributed by atoms with Crippen LogP contribution in [-0.2, 0) is 4.74 Å². The number of rotatable bonds is 4. The van der Waals surface area contributed by atoms with Crippen molar-refractivity contribution in [1.29, 1.82) is 0 Å². The summed E-state index contributed by atoms with van der Waals surface area (Å²) >= 11 is 0. The predicted octanol–water partition coefficient (Wildman–Crippen LogP) is 0.119. The number of phenols is 1. The van der Waals surface area contributed by atoms with Gasteiger partial charge in [0.15, 0.2) is 0 Å². The lowest BCUT2D eigenvalue weighted by Gasteiger charge is -2.23. The quantitative estimate of drug-likeness (QED) is 0.721. The molecule has 104 valence electrons. The first-order valence-corrected chi connectivity index (χ1v) is 6.18. The normalized spacial score (nSPS) is 18.9. The van der Waals surface area contributed by atoms with Crippen molar-refractivity contribution in [2.24, 2.45) is 0 Å². The zero-order valence-electron chi connectivity index (χ0n) is 10.8.